The maximum absolute atomic E-state index is 12.0. The van der Waals surface area contributed by atoms with Gasteiger partial charge in [0.15, 0.2) is 0 Å². The van der Waals surface area contributed by atoms with Crippen LogP contribution in [-0.2, 0) is 4.79 Å². The Bertz CT molecular complexity index is 621. The van der Waals surface area contributed by atoms with Crippen LogP contribution in [-0.4, -0.2) is 35.2 Å². The molecular formula is C13H9NO6-2. The predicted molar refractivity (Wildman–Crippen MR) is 60.4 cm³/mol. The van der Waals surface area contributed by atoms with Crippen LogP contribution in [0.25, 0.3) is 0 Å². The monoisotopic (exact) mass is 275 g/mol. The van der Waals surface area contributed by atoms with E-state index in [1.54, 1.807) is 0 Å². The molecule has 104 valence electrons. The Labute approximate surface area is 113 Å². The fourth-order valence-electron chi connectivity index (χ4n) is 2.00. The Morgan fingerprint density at radius 1 is 1.05 bits per heavy atom. The van der Waals surface area contributed by atoms with E-state index in [4.69, 9.17) is 0 Å². The molecular weight excluding hydrogens is 266 g/mol. The van der Waals surface area contributed by atoms with Crippen molar-refractivity contribution in [3.8, 4) is 0 Å². The largest absolute Gasteiger partial charge is 0.550 e. The van der Waals surface area contributed by atoms with E-state index in [2.05, 4.69) is 0 Å². The molecule has 0 atom stereocenters. The zero-order valence-electron chi connectivity index (χ0n) is 10.3. The molecule has 0 unspecified atom stereocenters. The smallest absolute Gasteiger partial charge is 0.261 e. The van der Waals surface area contributed by atoms with Gasteiger partial charge in [-0.25, -0.2) is 0 Å². The Balaban J connectivity index is 2.21. The van der Waals surface area contributed by atoms with E-state index in [1.165, 1.54) is 12.1 Å². The molecule has 1 heterocycles. The summed E-state index contributed by atoms with van der Waals surface area (Å²) in [6.07, 6.45) is -0.182. The summed E-state index contributed by atoms with van der Waals surface area (Å²) < 4.78 is 0. The number of aromatic carboxylic acids is 1. The molecule has 0 aromatic heterocycles. The minimum Gasteiger partial charge on any atom is -0.550 e. The number of aliphatic carboxylic acids is 1. The lowest BCUT2D eigenvalue weighted by atomic mass is 10.1. The minimum atomic E-state index is -1.44. The number of fused-ring (bicyclic) bond motifs is 1. The van der Waals surface area contributed by atoms with Gasteiger partial charge in [0.2, 0.25) is 0 Å². The highest BCUT2D eigenvalue weighted by Gasteiger charge is 2.35. The number of hydrogen-bond donors (Lipinski definition) is 0. The van der Waals surface area contributed by atoms with Crippen LogP contribution < -0.4 is 10.2 Å². The Morgan fingerprint density at radius 3 is 2.30 bits per heavy atom. The van der Waals surface area contributed by atoms with Crippen molar-refractivity contribution < 1.29 is 29.4 Å². The number of carbonyl (C=O) groups excluding carboxylic acids is 4. The summed E-state index contributed by atoms with van der Waals surface area (Å²) in [6, 6.07) is 3.52. The van der Waals surface area contributed by atoms with Crippen LogP contribution in [0.3, 0.4) is 0 Å². The molecule has 7 nitrogen and oxygen atoms in total. The maximum atomic E-state index is 12.0. The molecule has 1 aliphatic rings. The summed E-state index contributed by atoms with van der Waals surface area (Å²) in [7, 11) is 0. The summed E-state index contributed by atoms with van der Waals surface area (Å²) >= 11 is 0. The van der Waals surface area contributed by atoms with Gasteiger partial charge in [-0.15, -0.1) is 0 Å². The van der Waals surface area contributed by atoms with Crippen LogP contribution in [0.2, 0.25) is 0 Å². The maximum Gasteiger partial charge on any atom is 0.261 e. The highest BCUT2D eigenvalue weighted by molar-refractivity contribution is 6.21. The van der Waals surface area contributed by atoms with Gasteiger partial charge < -0.3 is 19.8 Å². The highest BCUT2D eigenvalue weighted by atomic mass is 16.4. The normalized spacial score (nSPS) is 13.5. The first kappa shape index (κ1) is 13.7. The van der Waals surface area contributed by atoms with Gasteiger partial charge in [0.05, 0.1) is 17.1 Å². The molecule has 0 radical (unpaired) electrons. The lowest BCUT2D eigenvalue weighted by Crippen LogP contribution is -2.32. The van der Waals surface area contributed by atoms with Crippen molar-refractivity contribution in [2.45, 2.75) is 12.8 Å². The fourth-order valence-corrected chi connectivity index (χ4v) is 2.00. The quantitative estimate of drug-likeness (QED) is 0.584. The van der Waals surface area contributed by atoms with Crippen LogP contribution in [0.15, 0.2) is 18.2 Å². The Morgan fingerprint density at radius 2 is 1.70 bits per heavy atom. The number of carboxylic acid groups (broad SMARTS) is 2. The predicted octanol–water partition coefficient (Wildman–Crippen LogP) is -1.82. The van der Waals surface area contributed by atoms with Crippen molar-refractivity contribution in [3.63, 3.8) is 0 Å². The van der Waals surface area contributed by atoms with E-state index in [0.717, 1.165) is 11.0 Å². The number of amides is 2. The number of benzene rings is 1. The molecule has 1 aromatic rings. The van der Waals surface area contributed by atoms with Crippen molar-refractivity contribution in [2.24, 2.45) is 0 Å². The second-order valence-corrected chi connectivity index (χ2v) is 4.29. The molecule has 1 aromatic carbocycles. The van der Waals surface area contributed by atoms with Gasteiger partial charge in [0.25, 0.3) is 11.8 Å². The number of carboxylic acids is 2. The van der Waals surface area contributed by atoms with Crippen LogP contribution in [0.1, 0.15) is 43.9 Å². The molecule has 0 saturated carbocycles. The average molecular weight is 275 g/mol. The van der Waals surface area contributed by atoms with Crippen LogP contribution >= 0.6 is 0 Å². The minimum absolute atomic E-state index is 0.00912. The van der Waals surface area contributed by atoms with E-state index in [9.17, 15) is 29.4 Å². The summed E-state index contributed by atoms with van der Waals surface area (Å²) in [5.74, 6) is -3.90. The van der Waals surface area contributed by atoms with Crippen molar-refractivity contribution >= 4 is 23.8 Å². The van der Waals surface area contributed by atoms with Gasteiger partial charge in [-0.3, -0.25) is 14.5 Å². The number of rotatable bonds is 5. The fraction of sp³-hybridized carbons (Fsp3) is 0.231. The third-order valence-electron chi connectivity index (χ3n) is 2.97. The molecule has 0 N–H and O–H groups in total. The third kappa shape index (κ3) is 2.37. The zero-order chi connectivity index (χ0) is 14.9. The topological polar surface area (TPSA) is 118 Å². The molecule has 0 bridgehead atoms. The SMILES string of the molecule is O=C([O-])CCCN1C(=O)c2ccc(C(=O)[O-])cc2C1=O. The molecule has 0 spiro atoms. The summed E-state index contributed by atoms with van der Waals surface area (Å²) in [6.45, 7) is -0.0546. The second kappa shape index (κ2) is 5.12. The molecule has 2 rings (SSSR count). The van der Waals surface area contributed by atoms with E-state index < -0.39 is 23.8 Å². The average Bonchev–Trinajstić information content (AvgIpc) is 2.63. The molecule has 1 aliphatic heterocycles. The van der Waals surface area contributed by atoms with E-state index >= 15 is 0 Å². The van der Waals surface area contributed by atoms with Crippen molar-refractivity contribution in [1.29, 1.82) is 0 Å². The number of nitrogens with zero attached hydrogens (tertiary/aromatic N) is 1. The standard InChI is InChI=1S/C13H11NO6/c15-10(16)2-1-5-14-11(17)8-4-3-7(13(19)20)6-9(8)12(14)18/h3-4,6H,1-2,5H2,(H,15,16)(H,19,20)/p-2. The molecule has 20 heavy (non-hydrogen) atoms. The van der Waals surface area contributed by atoms with E-state index in [-0.39, 0.29) is 36.1 Å². The second-order valence-electron chi connectivity index (χ2n) is 4.29. The molecule has 0 aliphatic carbocycles. The highest BCUT2D eigenvalue weighted by Crippen LogP contribution is 2.24. The van der Waals surface area contributed by atoms with Gasteiger partial charge in [-0.1, -0.05) is 6.07 Å². The van der Waals surface area contributed by atoms with Gasteiger partial charge in [0, 0.05) is 12.5 Å². The van der Waals surface area contributed by atoms with E-state index in [1.807, 2.05) is 0 Å². The third-order valence-corrected chi connectivity index (χ3v) is 2.97. The van der Waals surface area contributed by atoms with Crippen molar-refractivity contribution in [3.05, 3.63) is 34.9 Å². The first-order valence-corrected chi connectivity index (χ1v) is 5.83. The summed E-state index contributed by atoms with van der Waals surface area (Å²) in [4.78, 5) is 45.9. The van der Waals surface area contributed by atoms with Crippen molar-refractivity contribution in [2.75, 3.05) is 6.54 Å². The first-order valence-electron chi connectivity index (χ1n) is 5.83. The van der Waals surface area contributed by atoms with Crippen LogP contribution in [0.4, 0.5) is 0 Å². The van der Waals surface area contributed by atoms with Gasteiger partial charge in [-0.2, -0.15) is 0 Å². The first-order chi connectivity index (χ1) is 9.41. The van der Waals surface area contributed by atoms with E-state index in [0.29, 0.717) is 0 Å². The zero-order valence-corrected chi connectivity index (χ0v) is 10.3. The molecule has 0 fully saturated rings. The molecule has 2 amide bonds. The van der Waals surface area contributed by atoms with Crippen LogP contribution in [0, 0.1) is 0 Å². The number of hydrogen-bond acceptors (Lipinski definition) is 6. The van der Waals surface area contributed by atoms with Gasteiger partial charge in [-0.05, 0) is 30.5 Å². The van der Waals surface area contributed by atoms with Gasteiger partial charge in [0.1, 0.15) is 0 Å². The van der Waals surface area contributed by atoms with Gasteiger partial charge >= 0.3 is 0 Å². The molecule has 0 saturated heterocycles. The molecule has 7 heteroatoms. The van der Waals surface area contributed by atoms with Crippen molar-refractivity contribution in [1.82, 2.24) is 4.90 Å². The Kier molecular flexibility index (Phi) is 3.51. The number of carbonyl (C=O) groups is 4. The van der Waals surface area contributed by atoms with Crippen LogP contribution in [0.5, 0.6) is 0 Å². The summed E-state index contributed by atoms with van der Waals surface area (Å²) in [5, 5.41) is 21.0. The Hall–Kier alpha value is -2.70. The summed E-state index contributed by atoms with van der Waals surface area (Å²) in [5.41, 5.74) is -0.0971. The lowest BCUT2D eigenvalue weighted by Gasteiger charge is -2.13. The lowest BCUT2D eigenvalue weighted by molar-refractivity contribution is -0.305. The number of imide groups is 1.